The molecule has 0 radical (unpaired) electrons. The van der Waals surface area contributed by atoms with E-state index in [9.17, 15) is 14.4 Å². The number of halogens is 1. The molecule has 2 amide bonds. The average molecular weight is 463 g/mol. The van der Waals surface area contributed by atoms with Crippen LogP contribution in [0.5, 0.6) is 5.75 Å². The number of rotatable bonds is 9. The van der Waals surface area contributed by atoms with Gasteiger partial charge in [-0.2, -0.15) is 0 Å². The molecule has 0 aliphatic carbocycles. The number of carbonyl (C=O) groups excluding carboxylic acids is 3. The van der Waals surface area contributed by atoms with E-state index in [4.69, 9.17) is 9.47 Å². The van der Waals surface area contributed by atoms with Gasteiger partial charge < -0.3 is 20.1 Å². The first kappa shape index (κ1) is 22.4. The lowest BCUT2D eigenvalue weighted by atomic mass is 10.0. The maximum absolute atomic E-state index is 12.4. The van der Waals surface area contributed by atoms with Gasteiger partial charge in [-0.05, 0) is 42.8 Å². The van der Waals surface area contributed by atoms with E-state index in [0.717, 1.165) is 4.47 Å². The van der Waals surface area contributed by atoms with Crippen LogP contribution in [0.15, 0.2) is 53.0 Å². The molecule has 0 bridgehead atoms. The highest BCUT2D eigenvalue weighted by atomic mass is 79.9. The standard InChI is InChI=1S/C21H23BrN2O5/c1-3-29-20(26)12-18(14-6-5-9-17(11-14)28-2)24-19(25)13-23-21(27)15-7-4-8-16(22)10-15/h4-11,18H,3,12-13H2,1-2H3,(H,23,27)(H,24,25). The Bertz CT molecular complexity index is 872. The second-order valence-corrected chi connectivity index (χ2v) is 7.01. The van der Waals surface area contributed by atoms with Gasteiger partial charge in [-0.25, -0.2) is 0 Å². The number of methoxy groups -OCH3 is 1. The number of carbonyl (C=O) groups is 3. The minimum Gasteiger partial charge on any atom is -0.497 e. The van der Waals surface area contributed by atoms with Gasteiger partial charge >= 0.3 is 5.97 Å². The Morgan fingerprint density at radius 3 is 2.55 bits per heavy atom. The molecule has 29 heavy (non-hydrogen) atoms. The molecule has 2 aromatic carbocycles. The molecule has 0 aliphatic heterocycles. The van der Waals surface area contributed by atoms with Crippen molar-refractivity contribution in [1.82, 2.24) is 10.6 Å². The summed E-state index contributed by atoms with van der Waals surface area (Å²) in [5.74, 6) is -0.623. The number of ether oxygens (including phenoxy) is 2. The molecule has 0 saturated heterocycles. The molecule has 154 valence electrons. The third kappa shape index (κ3) is 7.23. The Balaban J connectivity index is 2.03. The highest BCUT2D eigenvalue weighted by molar-refractivity contribution is 9.10. The van der Waals surface area contributed by atoms with Crippen LogP contribution >= 0.6 is 15.9 Å². The number of nitrogens with one attached hydrogen (secondary N) is 2. The summed E-state index contributed by atoms with van der Waals surface area (Å²) < 4.78 is 11.0. The Morgan fingerprint density at radius 2 is 1.86 bits per heavy atom. The van der Waals surface area contributed by atoms with Crippen molar-refractivity contribution in [3.63, 3.8) is 0 Å². The van der Waals surface area contributed by atoms with Crippen molar-refractivity contribution in [2.24, 2.45) is 0 Å². The minimum atomic E-state index is -0.612. The number of amides is 2. The zero-order chi connectivity index (χ0) is 21.2. The largest absolute Gasteiger partial charge is 0.497 e. The van der Waals surface area contributed by atoms with E-state index in [-0.39, 0.29) is 25.5 Å². The van der Waals surface area contributed by atoms with Crippen LogP contribution in [-0.2, 0) is 14.3 Å². The summed E-state index contributed by atoms with van der Waals surface area (Å²) in [5, 5.41) is 5.34. The number of benzene rings is 2. The zero-order valence-electron chi connectivity index (χ0n) is 16.2. The van der Waals surface area contributed by atoms with Gasteiger partial charge in [-0.3, -0.25) is 14.4 Å². The van der Waals surface area contributed by atoms with Gasteiger partial charge in [0.05, 0.1) is 32.7 Å². The molecule has 2 N–H and O–H groups in total. The zero-order valence-corrected chi connectivity index (χ0v) is 17.8. The van der Waals surface area contributed by atoms with E-state index in [1.165, 1.54) is 7.11 Å². The molecule has 0 saturated carbocycles. The minimum absolute atomic E-state index is 0.0354. The topological polar surface area (TPSA) is 93.7 Å². The lowest BCUT2D eigenvalue weighted by Crippen LogP contribution is -2.39. The van der Waals surface area contributed by atoms with Crippen LogP contribution < -0.4 is 15.4 Å². The van der Waals surface area contributed by atoms with Gasteiger partial charge in [0.15, 0.2) is 0 Å². The molecular weight excluding hydrogens is 440 g/mol. The predicted octanol–water partition coefficient (Wildman–Crippen LogP) is 3.00. The van der Waals surface area contributed by atoms with Crippen LogP contribution in [0, 0.1) is 0 Å². The second-order valence-electron chi connectivity index (χ2n) is 6.10. The molecule has 0 aliphatic rings. The number of esters is 1. The van der Waals surface area contributed by atoms with Crippen molar-refractivity contribution >= 4 is 33.7 Å². The van der Waals surface area contributed by atoms with Crippen LogP contribution in [0.2, 0.25) is 0 Å². The lowest BCUT2D eigenvalue weighted by Gasteiger charge is -2.19. The lowest BCUT2D eigenvalue weighted by molar-refractivity contribution is -0.143. The molecule has 0 heterocycles. The van der Waals surface area contributed by atoms with E-state index in [2.05, 4.69) is 26.6 Å². The van der Waals surface area contributed by atoms with Crippen molar-refractivity contribution < 1.29 is 23.9 Å². The Hall–Kier alpha value is -2.87. The van der Waals surface area contributed by atoms with Gasteiger partial charge in [-0.15, -0.1) is 0 Å². The summed E-state index contributed by atoms with van der Waals surface area (Å²) >= 11 is 3.30. The summed E-state index contributed by atoms with van der Waals surface area (Å²) in [7, 11) is 1.54. The van der Waals surface area contributed by atoms with Gasteiger partial charge in [0.1, 0.15) is 5.75 Å². The quantitative estimate of drug-likeness (QED) is 0.558. The maximum atomic E-state index is 12.4. The maximum Gasteiger partial charge on any atom is 0.308 e. The molecule has 1 unspecified atom stereocenters. The fraction of sp³-hybridized carbons (Fsp3) is 0.286. The molecule has 1 atom stereocenters. The highest BCUT2D eigenvalue weighted by Gasteiger charge is 2.20. The summed E-state index contributed by atoms with van der Waals surface area (Å²) in [6, 6.07) is 13.3. The second kappa shape index (κ2) is 11.2. The third-order valence-corrected chi connectivity index (χ3v) is 4.50. The number of hydrogen-bond donors (Lipinski definition) is 2. The summed E-state index contributed by atoms with van der Waals surface area (Å²) in [5.41, 5.74) is 1.13. The normalized spacial score (nSPS) is 11.3. The first-order valence-electron chi connectivity index (χ1n) is 9.05. The molecule has 0 aromatic heterocycles. The fourth-order valence-electron chi connectivity index (χ4n) is 2.63. The Labute approximate surface area is 177 Å². The molecule has 2 aromatic rings. The highest BCUT2D eigenvalue weighted by Crippen LogP contribution is 2.22. The molecule has 7 nitrogen and oxygen atoms in total. The first-order chi connectivity index (χ1) is 13.9. The van der Waals surface area contributed by atoms with Gasteiger partial charge in [-0.1, -0.05) is 34.1 Å². The van der Waals surface area contributed by atoms with Crippen molar-refractivity contribution in [1.29, 1.82) is 0 Å². The van der Waals surface area contributed by atoms with Crippen LogP contribution in [0.25, 0.3) is 0 Å². The van der Waals surface area contributed by atoms with E-state index in [1.54, 1.807) is 55.5 Å². The first-order valence-corrected chi connectivity index (χ1v) is 9.85. The van der Waals surface area contributed by atoms with E-state index >= 15 is 0 Å². The molecule has 0 spiro atoms. The Kier molecular flexibility index (Phi) is 8.67. The van der Waals surface area contributed by atoms with Crippen LogP contribution in [0.4, 0.5) is 0 Å². The smallest absolute Gasteiger partial charge is 0.308 e. The van der Waals surface area contributed by atoms with Crippen molar-refractivity contribution in [2.75, 3.05) is 20.3 Å². The van der Waals surface area contributed by atoms with Crippen LogP contribution in [0.1, 0.15) is 35.3 Å². The van der Waals surface area contributed by atoms with Gasteiger partial charge in [0.25, 0.3) is 5.91 Å². The predicted molar refractivity (Wildman–Crippen MR) is 112 cm³/mol. The van der Waals surface area contributed by atoms with Crippen molar-refractivity contribution in [2.45, 2.75) is 19.4 Å². The third-order valence-electron chi connectivity index (χ3n) is 4.00. The monoisotopic (exact) mass is 462 g/mol. The van der Waals surface area contributed by atoms with E-state index < -0.39 is 17.9 Å². The van der Waals surface area contributed by atoms with Crippen molar-refractivity contribution in [3.05, 3.63) is 64.1 Å². The van der Waals surface area contributed by atoms with Gasteiger partial charge in [0, 0.05) is 10.0 Å². The molecule has 8 heteroatoms. The molecule has 0 fully saturated rings. The van der Waals surface area contributed by atoms with Crippen molar-refractivity contribution in [3.8, 4) is 5.75 Å². The summed E-state index contributed by atoms with van der Waals surface area (Å²) in [4.78, 5) is 36.6. The molecule has 2 rings (SSSR count). The van der Waals surface area contributed by atoms with Gasteiger partial charge in [0.2, 0.25) is 5.91 Å². The molecular formula is C21H23BrN2O5. The fourth-order valence-corrected chi connectivity index (χ4v) is 3.03. The summed E-state index contributed by atoms with van der Waals surface area (Å²) in [6.45, 7) is 1.74. The number of hydrogen-bond acceptors (Lipinski definition) is 5. The average Bonchev–Trinajstić information content (AvgIpc) is 2.71. The van der Waals surface area contributed by atoms with E-state index in [1.807, 2.05) is 0 Å². The summed E-state index contributed by atoms with van der Waals surface area (Å²) in [6.07, 6.45) is -0.0354. The Morgan fingerprint density at radius 1 is 1.10 bits per heavy atom. The van der Waals surface area contributed by atoms with Crippen LogP contribution in [0.3, 0.4) is 0 Å². The van der Waals surface area contributed by atoms with E-state index in [0.29, 0.717) is 16.9 Å². The SMILES string of the molecule is CCOC(=O)CC(NC(=O)CNC(=O)c1cccc(Br)c1)c1cccc(OC)c1. The van der Waals surface area contributed by atoms with Crippen LogP contribution in [-0.4, -0.2) is 38.0 Å².